The summed E-state index contributed by atoms with van der Waals surface area (Å²) in [5.41, 5.74) is 0.404. The molecule has 0 N–H and O–H groups in total. The van der Waals surface area contributed by atoms with Crippen molar-refractivity contribution in [2.45, 2.75) is 52.5 Å². The van der Waals surface area contributed by atoms with Crippen molar-refractivity contribution in [3.05, 3.63) is 12.2 Å². The van der Waals surface area contributed by atoms with Gasteiger partial charge in [-0.1, -0.05) is 20.8 Å². The van der Waals surface area contributed by atoms with E-state index in [4.69, 9.17) is 0 Å². The fourth-order valence-corrected chi connectivity index (χ4v) is 4.72. The Morgan fingerprint density at radius 3 is 2.70 bits per heavy atom. The van der Waals surface area contributed by atoms with Crippen LogP contribution < -0.4 is 0 Å². The van der Waals surface area contributed by atoms with E-state index >= 15 is 0 Å². The van der Waals surface area contributed by atoms with E-state index in [1.54, 1.807) is 0 Å². The molecule has 0 amide bonds. The van der Waals surface area contributed by atoms with E-state index in [1.165, 1.54) is 44.8 Å². The van der Waals surface area contributed by atoms with Crippen molar-refractivity contribution < 1.29 is 0 Å². The van der Waals surface area contributed by atoms with Crippen LogP contribution in [0, 0.1) is 11.3 Å². The largest absolute Gasteiger partial charge is 0.317 e. The predicted octanol–water partition coefficient (Wildman–Crippen LogP) is 2.46. The van der Waals surface area contributed by atoms with Gasteiger partial charge < -0.3 is 14.4 Å². The van der Waals surface area contributed by atoms with E-state index in [-0.39, 0.29) is 0 Å². The number of hydrogen-bond donors (Lipinski definition) is 0. The van der Waals surface area contributed by atoms with Crippen LogP contribution in [-0.4, -0.2) is 64.3 Å². The van der Waals surface area contributed by atoms with Crippen LogP contribution >= 0.6 is 0 Å². The number of hydrogen-bond acceptors (Lipinski definition) is 4. The van der Waals surface area contributed by atoms with Crippen LogP contribution in [0.1, 0.15) is 51.8 Å². The van der Waals surface area contributed by atoms with E-state index in [1.807, 2.05) is 6.33 Å². The number of likely N-dealkylation sites (tertiary alicyclic amines) is 2. The molecule has 2 fully saturated rings. The molecule has 0 aliphatic carbocycles. The van der Waals surface area contributed by atoms with Crippen molar-refractivity contribution in [2.24, 2.45) is 11.3 Å². The molecular formula is C18H33N5. The number of piperidine rings is 1. The molecule has 23 heavy (non-hydrogen) atoms. The molecule has 1 aromatic heterocycles. The van der Waals surface area contributed by atoms with Crippen LogP contribution in [0.5, 0.6) is 0 Å². The maximum Gasteiger partial charge on any atom is 0.137 e. The van der Waals surface area contributed by atoms with Crippen LogP contribution in [0.3, 0.4) is 0 Å². The molecule has 0 aromatic carbocycles. The highest BCUT2D eigenvalue weighted by atomic mass is 15.3. The molecule has 3 rings (SSSR count). The van der Waals surface area contributed by atoms with Gasteiger partial charge in [0.25, 0.3) is 0 Å². The van der Waals surface area contributed by atoms with E-state index in [2.05, 4.69) is 52.4 Å². The zero-order valence-electron chi connectivity index (χ0n) is 15.3. The van der Waals surface area contributed by atoms with Crippen molar-refractivity contribution in [3.8, 4) is 0 Å². The first-order valence-electron chi connectivity index (χ1n) is 9.32. The summed E-state index contributed by atoms with van der Waals surface area (Å²) in [5.74, 6) is 2.54. The molecule has 1 aromatic rings. The van der Waals surface area contributed by atoms with Crippen molar-refractivity contribution >= 4 is 0 Å². The quantitative estimate of drug-likeness (QED) is 0.835. The van der Waals surface area contributed by atoms with E-state index in [9.17, 15) is 0 Å². The second-order valence-electron chi connectivity index (χ2n) is 8.19. The van der Waals surface area contributed by atoms with E-state index < -0.39 is 0 Å². The van der Waals surface area contributed by atoms with Crippen LogP contribution in [-0.2, 0) is 6.54 Å². The van der Waals surface area contributed by atoms with Gasteiger partial charge in [-0.3, -0.25) is 0 Å². The molecular weight excluding hydrogens is 286 g/mol. The minimum absolute atomic E-state index is 0.404. The molecule has 5 heteroatoms. The number of rotatable bonds is 5. The Balaban J connectivity index is 1.76. The molecule has 0 bridgehead atoms. The molecule has 5 nitrogen and oxygen atoms in total. The minimum Gasteiger partial charge on any atom is -0.317 e. The predicted molar refractivity (Wildman–Crippen MR) is 93.5 cm³/mol. The smallest absolute Gasteiger partial charge is 0.137 e. The highest BCUT2D eigenvalue weighted by Crippen LogP contribution is 2.48. The third-order valence-corrected chi connectivity index (χ3v) is 5.72. The number of nitrogens with zero attached hydrogens (tertiary/aromatic N) is 5. The van der Waals surface area contributed by atoms with Gasteiger partial charge in [-0.25, -0.2) is 0 Å². The standard InChI is InChI=1S/C18H33N5/c1-5-8-23-14-19-20-17(23)16-12-21(4)13-18(16)6-9-22(10-7-18)11-15(2)3/h14-16H,5-13H2,1-4H3. The van der Waals surface area contributed by atoms with Crippen LogP contribution in [0.4, 0.5) is 0 Å². The summed E-state index contributed by atoms with van der Waals surface area (Å²) >= 11 is 0. The monoisotopic (exact) mass is 319 g/mol. The molecule has 2 aliphatic heterocycles. The first-order valence-corrected chi connectivity index (χ1v) is 9.32. The first kappa shape index (κ1) is 16.9. The lowest BCUT2D eigenvalue weighted by Crippen LogP contribution is -2.45. The minimum atomic E-state index is 0.404. The van der Waals surface area contributed by atoms with Gasteiger partial charge in [-0.15, -0.1) is 10.2 Å². The molecule has 0 radical (unpaired) electrons. The van der Waals surface area contributed by atoms with Crippen molar-refractivity contribution in [3.63, 3.8) is 0 Å². The van der Waals surface area contributed by atoms with Crippen molar-refractivity contribution in [1.82, 2.24) is 24.6 Å². The number of aryl methyl sites for hydroxylation is 1. The highest BCUT2D eigenvalue weighted by molar-refractivity contribution is 5.13. The summed E-state index contributed by atoms with van der Waals surface area (Å²) in [6, 6.07) is 0. The average molecular weight is 319 g/mol. The normalized spacial score (nSPS) is 25.7. The first-order chi connectivity index (χ1) is 11.0. The second kappa shape index (κ2) is 6.89. The summed E-state index contributed by atoms with van der Waals surface area (Å²) in [5, 5.41) is 8.77. The van der Waals surface area contributed by atoms with Crippen LogP contribution in [0.25, 0.3) is 0 Å². The van der Waals surface area contributed by atoms with Gasteiger partial charge in [0.1, 0.15) is 12.2 Å². The summed E-state index contributed by atoms with van der Waals surface area (Å²) in [6.45, 7) is 14.0. The summed E-state index contributed by atoms with van der Waals surface area (Å²) in [6.07, 6.45) is 5.67. The summed E-state index contributed by atoms with van der Waals surface area (Å²) in [7, 11) is 2.27. The SMILES string of the molecule is CCCn1cnnc1C1CN(C)CC12CCN(CC(C)C)CC2. The van der Waals surface area contributed by atoms with Gasteiger partial charge in [0.15, 0.2) is 0 Å². The Morgan fingerprint density at radius 2 is 2.04 bits per heavy atom. The molecule has 0 saturated carbocycles. The zero-order chi connectivity index (χ0) is 16.4. The van der Waals surface area contributed by atoms with Gasteiger partial charge in [0, 0.05) is 32.1 Å². The van der Waals surface area contributed by atoms with E-state index in [0.717, 1.165) is 25.4 Å². The molecule has 1 unspecified atom stereocenters. The Morgan fingerprint density at radius 1 is 1.30 bits per heavy atom. The van der Waals surface area contributed by atoms with Crippen LogP contribution in [0.15, 0.2) is 6.33 Å². The van der Waals surface area contributed by atoms with Gasteiger partial charge in [-0.05, 0) is 50.7 Å². The average Bonchev–Trinajstić information content (AvgIpc) is 3.06. The lowest BCUT2D eigenvalue weighted by Gasteiger charge is -2.43. The Labute approximate surface area is 141 Å². The molecule has 2 aliphatic rings. The fraction of sp³-hybridized carbons (Fsp3) is 0.889. The van der Waals surface area contributed by atoms with Gasteiger partial charge >= 0.3 is 0 Å². The molecule has 2 saturated heterocycles. The maximum atomic E-state index is 4.54. The van der Waals surface area contributed by atoms with E-state index in [0.29, 0.717) is 11.3 Å². The zero-order valence-corrected chi connectivity index (χ0v) is 15.3. The molecule has 3 heterocycles. The molecule has 1 spiro atoms. The lowest BCUT2D eigenvalue weighted by atomic mass is 9.70. The summed E-state index contributed by atoms with van der Waals surface area (Å²) < 4.78 is 2.30. The third kappa shape index (κ3) is 3.45. The molecule has 130 valence electrons. The Hall–Kier alpha value is -0.940. The number of likely N-dealkylation sites (N-methyl/N-ethyl adjacent to an activating group) is 1. The van der Waals surface area contributed by atoms with Gasteiger partial charge in [0.2, 0.25) is 0 Å². The second-order valence-corrected chi connectivity index (χ2v) is 8.19. The maximum absolute atomic E-state index is 4.54. The van der Waals surface area contributed by atoms with Gasteiger partial charge in [-0.2, -0.15) is 0 Å². The number of aromatic nitrogens is 3. The van der Waals surface area contributed by atoms with Crippen LogP contribution in [0.2, 0.25) is 0 Å². The van der Waals surface area contributed by atoms with Crippen molar-refractivity contribution in [2.75, 3.05) is 39.8 Å². The Kier molecular flexibility index (Phi) is 5.07. The molecule has 1 atom stereocenters. The van der Waals surface area contributed by atoms with Gasteiger partial charge in [0.05, 0.1) is 0 Å². The third-order valence-electron chi connectivity index (χ3n) is 5.72. The highest BCUT2D eigenvalue weighted by Gasteiger charge is 2.49. The van der Waals surface area contributed by atoms with Crippen molar-refractivity contribution in [1.29, 1.82) is 0 Å². The Bertz CT molecular complexity index is 501. The summed E-state index contributed by atoms with van der Waals surface area (Å²) in [4.78, 5) is 5.16. The lowest BCUT2D eigenvalue weighted by molar-refractivity contribution is 0.0881. The fourth-order valence-electron chi connectivity index (χ4n) is 4.72. The topological polar surface area (TPSA) is 37.2 Å².